The molecule has 3 heterocycles. The third-order valence-corrected chi connectivity index (χ3v) is 5.30. The molecule has 0 radical (unpaired) electrons. The molecule has 142 valence electrons. The highest BCUT2D eigenvalue weighted by atomic mass is 19.1. The third kappa shape index (κ3) is 3.24. The first kappa shape index (κ1) is 16.9. The number of nitrogens with one attached hydrogen (secondary N) is 1. The van der Waals surface area contributed by atoms with E-state index >= 15 is 0 Å². The second-order valence-corrected chi connectivity index (χ2v) is 7.36. The van der Waals surface area contributed by atoms with Gasteiger partial charge in [0.25, 0.3) is 0 Å². The van der Waals surface area contributed by atoms with E-state index in [1.807, 2.05) is 18.2 Å². The molecule has 2 aromatic heterocycles. The maximum atomic E-state index is 13.6. The molecule has 1 aliphatic carbocycles. The number of aromatic nitrogens is 3. The zero-order valence-corrected chi connectivity index (χ0v) is 15.4. The van der Waals surface area contributed by atoms with E-state index in [2.05, 4.69) is 25.2 Å². The number of nitrogens with zero attached hydrogens (tertiary/aromatic N) is 4. The van der Waals surface area contributed by atoms with Gasteiger partial charge in [0.15, 0.2) is 0 Å². The predicted molar refractivity (Wildman–Crippen MR) is 108 cm³/mol. The van der Waals surface area contributed by atoms with E-state index in [9.17, 15) is 4.39 Å². The highest BCUT2D eigenvalue weighted by molar-refractivity contribution is 5.67. The highest BCUT2D eigenvalue weighted by Crippen LogP contribution is 2.43. The number of aryl methyl sites for hydroxylation is 1. The van der Waals surface area contributed by atoms with Gasteiger partial charge in [-0.05, 0) is 73.1 Å². The van der Waals surface area contributed by atoms with Crippen molar-refractivity contribution in [3.8, 4) is 0 Å². The van der Waals surface area contributed by atoms with Gasteiger partial charge in [-0.2, -0.15) is 4.98 Å². The van der Waals surface area contributed by atoms with Crippen molar-refractivity contribution in [3.63, 3.8) is 0 Å². The van der Waals surface area contributed by atoms with Crippen molar-refractivity contribution in [2.45, 2.75) is 31.6 Å². The van der Waals surface area contributed by atoms with Crippen LogP contribution in [0.25, 0.3) is 0 Å². The molecule has 0 saturated heterocycles. The Bertz CT molecular complexity index is 1030. The number of anilines is 5. The van der Waals surface area contributed by atoms with Crippen LogP contribution in [0.15, 0.2) is 42.7 Å². The number of hydrogen-bond acceptors (Lipinski definition) is 6. The number of fused-ring (bicyclic) bond motifs is 1. The van der Waals surface area contributed by atoms with Crippen LogP contribution in [-0.4, -0.2) is 21.5 Å². The zero-order chi connectivity index (χ0) is 19.1. The van der Waals surface area contributed by atoms with Gasteiger partial charge in [0.1, 0.15) is 17.5 Å². The molecule has 7 heteroatoms. The Kier molecular flexibility index (Phi) is 4.07. The van der Waals surface area contributed by atoms with Crippen LogP contribution >= 0.6 is 0 Å². The highest BCUT2D eigenvalue weighted by Gasteiger charge is 2.26. The van der Waals surface area contributed by atoms with Gasteiger partial charge in [-0.3, -0.25) is 0 Å². The Morgan fingerprint density at radius 1 is 1.14 bits per heavy atom. The van der Waals surface area contributed by atoms with Crippen molar-refractivity contribution in [3.05, 3.63) is 59.7 Å². The van der Waals surface area contributed by atoms with E-state index in [0.717, 1.165) is 60.5 Å². The molecule has 6 nitrogen and oxygen atoms in total. The number of pyridine rings is 1. The number of nitrogen functional groups attached to an aromatic ring is 1. The van der Waals surface area contributed by atoms with Crippen molar-refractivity contribution in [1.29, 1.82) is 0 Å². The van der Waals surface area contributed by atoms with Gasteiger partial charge in [0.05, 0.1) is 11.9 Å². The Hall–Kier alpha value is -3.22. The van der Waals surface area contributed by atoms with E-state index in [0.29, 0.717) is 17.7 Å². The van der Waals surface area contributed by atoms with Crippen LogP contribution in [0.5, 0.6) is 0 Å². The number of benzene rings is 1. The van der Waals surface area contributed by atoms with Gasteiger partial charge in [-0.15, -0.1) is 0 Å². The zero-order valence-electron chi connectivity index (χ0n) is 15.4. The summed E-state index contributed by atoms with van der Waals surface area (Å²) >= 11 is 0. The molecule has 0 spiro atoms. The lowest BCUT2D eigenvalue weighted by Crippen LogP contribution is -2.25. The van der Waals surface area contributed by atoms with Gasteiger partial charge >= 0.3 is 0 Å². The minimum atomic E-state index is -0.201. The molecular formula is C21H21FN6. The van der Waals surface area contributed by atoms with Crippen molar-refractivity contribution in [2.75, 3.05) is 22.5 Å². The lowest BCUT2D eigenvalue weighted by Gasteiger charge is -2.30. The number of rotatable bonds is 4. The van der Waals surface area contributed by atoms with Crippen LogP contribution in [0.1, 0.15) is 36.3 Å². The fourth-order valence-corrected chi connectivity index (χ4v) is 3.77. The summed E-state index contributed by atoms with van der Waals surface area (Å²) in [6, 6.07) is 8.85. The van der Waals surface area contributed by atoms with Crippen LogP contribution in [0.2, 0.25) is 0 Å². The monoisotopic (exact) mass is 376 g/mol. The minimum absolute atomic E-state index is 0.201. The third-order valence-electron chi connectivity index (χ3n) is 5.30. The van der Waals surface area contributed by atoms with E-state index < -0.39 is 0 Å². The fraction of sp³-hybridized carbons (Fsp3) is 0.286. The van der Waals surface area contributed by atoms with E-state index in [-0.39, 0.29) is 5.82 Å². The number of hydrogen-bond donors (Lipinski definition) is 2. The molecule has 0 bridgehead atoms. The van der Waals surface area contributed by atoms with Crippen LogP contribution in [0.3, 0.4) is 0 Å². The van der Waals surface area contributed by atoms with Crippen molar-refractivity contribution in [2.24, 2.45) is 0 Å². The molecule has 1 aliphatic heterocycles. The average molecular weight is 376 g/mol. The summed E-state index contributed by atoms with van der Waals surface area (Å²) in [6.45, 7) is 0.838. The van der Waals surface area contributed by atoms with Crippen molar-refractivity contribution in [1.82, 2.24) is 15.0 Å². The lowest BCUT2D eigenvalue weighted by atomic mass is 10.0. The molecule has 0 amide bonds. The predicted octanol–water partition coefficient (Wildman–Crippen LogP) is 4.30. The maximum Gasteiger partial charge on any atom is 0.229 e. The molecule has 28 heavy (non-hydrogen) atoms. The van der Waals surface area contributed by atoms with E-state index in [1.165, 1.54) is 6.07 Å². The summed E-state index contributed by atoms with van der Waals surface area (Å²) < 4.78 is 13.6. The first-order chi connectivity index (χ1) is 13.7. The molecule has 0 atom stereocenters. The number of nitrogens with two attached hydrogens (primary N) is 1. The average Bonchev–Trinajstić information content (AvgIpc) is 3.54. The topological polar surface area (TPSA) is 80.0 Å². The molecular weight excluding hydrogens is 355 g/mol. The summed E-state index contributed by atoms with van der Waals surface area (Å²) in [7, 11) is 0. The molecule has 3 N–H and O–H groups in total. The molecule has 1 aromatic carbocycles. The van der Waals surface area contributed by atoms with Gasteiger partial charge in [0.2, 0.25) is 5.95 Å². The Balaban J connectivity index is 1.43. The second kappa shape index (κ2) is 6.74. The van der Waals surface area contributed by atoms with Gasteiger partial charge in [-0.25, -0.2) is 14.4 Å². The van der Waals surface area contributed by atoms with Gasteiger partial charge in [-0.1, -0.05) is 0 Å². The fourth-order valence-electron chi connectivity index (χ4n) is 3.77. The smallest absolute Gasteiger partial charge is 0.229 e. The maximum absolute atomic E-state index is 13.6. The van der Waals surface area contributed by atoms with Crippen LogP contribution in [0.4, 0.5) is 33.3 Å². The second-order valence-electron chi connectivity index (χ2n) is 7.36. The molecule has 3 aromatic rings. The molecule has 2 aliphatic rings. The number of halogens is 1. The van der Waals surface area contributed by atoms with Crippen molar-refractivity contribution >= 4 is 29.0 Å². The standard InChI is InChI=1S/C21H21FN6/c22-15-5-6-18-14(10-15)2-1-9-28(18)19-7-8-24-21(27-19)26-16-11-17(13-3-4-13)20(23)25-12-16/h5-8,10-13H,1-4,9H2,(H2,23,25)(H,24,26,27). The quantitative estimate of drug-likeness (QED) is 0.707. The minimum Gasteiger partial charge on any atom is -0.383 e. The SMILES string of the molecule is Nc1ncc(Nc2nccc(N3CCCc4cc(F)ccc43)n2)cc1C1CC1. The summed E-state index contributed by atoms with van der Waals surface area (Å²) in [5.41, 5.74) is 9.93. The van der Waals surface area contributed by atoms with Crippen LogP contribution in [0, 0.1) is 5.82 Å². The van der Waals surface area contributed by atoms with Crippen molar-refractivity contribution < 1.29 is 4.39 Å². The summed E-state index contributed by atoms with van der Waals surface area (Å²) in [5, 5.41) is 3.24. The van der Waals surface area contributed by atoms with Gasteiger partial charge in [0, 0.05) is 18.4 Å². The van der Waals surface area contributed by atoms with Gasteiger partial charge < -0.3 is 16.0 Å². The Morgan fingerprint density at radius 2 is 2.04 bits per heavy atom. The molecule has 0 unspecified atom stereocenters. The van der Waals surface area contributed by atoms with Crippen LogP contribution < -0.4 is 16.0 Å². The van der Waals surface area contributed by atoms with Crippen LogP contribution in [-0.2, 0) is 6.42 Å². The summed E-state index contributed by atoms with van der Waals surface area (Å²) in [5.74, 6) is 2.20. The lowest BCUT2D eigenvalue weighted by molar-refractivity contribution is 0.622. The molecule has 1 fully saturated rings. The van der Waals surface area contributed by atoms with E-state index in [4.69, 9.17) is 5.73 Å². The summed E-state index contributed by atoms with van der Waals surface area (Å²) in [4.78, 5) is 15.4. The summed E-state index contributed by atoms with van der Waals surface area (Å²) in [6.07, 6.45) is 7.59. The Morgan fingerprint density at radius 3 is 2.89 bits per heavy atom. The first-order valence-electron chi connectivity index (χ1n) is 9.59. The molecule has 5 rings (SSSR count). The Labute approximate surface area is 162 Å². The van der Waals surface area contributed by atoms with E-state index in [1.54, 1.807) is 18.5 Å². The molecule has 1 saturated carbocycles. The first-order valence-corrected chi connectivity index (χ1v) is 9.59. The largest absolute Gasteiger partial charge is 0.383 e. The normalized spacial score (nSPS) is 16.0.